The van der Waals surface area contributed by atoms with Gasteiger partial charge in [-0.1, -0.05) is 19.1 Å². The molecule has 0 aliphatic rings. The molecule has 1 unspecified atom stereocenters. The quantitative estimate of drug-likeness (QED) is 0.464. The third kappa shape index (κ3) is 5.41. The second kappa shape index (κ2) is 10.1. The number of amides is 1. The Bertz CT molecular complexity index is 1200. The molecule has 0 saturated carbocycles. The zero-order valence-electron chi connectivity index (χ0n) is 17.5. The molecule has 1 atom stereocenters. The zero-order valence-corrected chi connectivity index (χ0v) is 19.1. The minimum absolute atomic E-state index is 0.108. The first-order valence-corrected chi connectivity index (χ1v) is 10.7. The van der Waals surface area contributed by atoms with E-state index in [9.17, 15) is 18.4 Å². The fraction of sp³-hybridized carbons (Fsp3) is 0.217. The van der Waals surface area contributed by atoms with Crippen LogP contribution >= 0.6 is 15.9 Å². The summed E-state index contributed by atoms with van der Waals surface area (Å²) < 4.78 is 34.1. The summed E-state index contributed by atoms with van der Waals surface area (Å²) in [6, 6.07) is 11.4. The molecule has 0 aliphatic carbocycles. The van der Waals surface area contributed by atoms with E-state index in [1.165, 1.54) is 4.57 Å². The summed E-state index contributed by atoms with van der Waals surface area (Å²) in [6.07, 6.45) is 0.207. The van der Waals surface area contributed by atoms with Gasteiger partial charge in [-0.25, -0.2) is 8.78 Å². The van der Waals surface area contributed by atoms with Crippen LogP contribution < -0.4 is 21.3 Å². The van der Waals surface area contributed by atoms with Gasteiger partial charge in [-0.2, -0.15) is 0 Å². The topological polar surface area (TPSA) is 86.3 Å². The van der Waals surface area contributed by atoms with Crippen molar-refractivity contribution in [3.63, 3.8) is 0 Å². The van der Waals surface area contributed by atoms with Crippen molar-refractivity contribution in [3.05, 3.63) is 91.8 Å². The van der Waals surface area contributed by atoms with Crippen molar-refractivity contribution >= 4 is 21.8 Å². The van der Waals surface area contributed by atoms with Crippen LogP contribution in [0.4, 0.5) is 8.78 Å². The molecule has 0 bridgehead atoms. The Balaban J connectivity index is 1.81. The van der Waals surface area contributed by atoms with Crippen LogP contribution in [0.15, 0.2) is 57.8 Å². The molecule has 1 amide bonds. The van der Waals surface area contributed by atoms with Crippen LogP contribution in [0.2, 0.25) is 0 Å². The van der Waals surface area contributed by atoms with Crippen LogP contribution in [0, 0.1) is 18.6 Å². The van der Waals surface area contributed by atoms with Crippen LogP contribution in [0.5, 0.6) is 11.5 Å². The molecule has 32 heavy (non-hydrogen) atoms. The van der Waals surface area contributed by atoms with Crippen molar-refractivity contribution in [2.75, 3.05) is 0 Å². The third-order valence-electron chi connectivity index (χ3n) is 4.84. The highest BCUT2D eigenvalue weighted by Gasteiger charge is 2.16. The highest BCUT2D eigenvalue weighted by atomic mass is 79.9. The van der Waals surface area contributed by atoms with Crippen molar-refractivity contribution in [2.24, 2.45) is 5.73 Å². The SMILES string of the molecule is CCC(N)NC(=O)c1ccc(Cn2c(C)cc(Oc3ccc(F)cc3F)c(Br)c2=O)cc1. The van der Waals surface area contributed by atoms with Crippen LogP contribution in [0.3, 0.4) is 0 Å². The van der Waals surface area contributed by atoms with E-state index < -0.39 is 17.8 Å². The predicted octanol–water partition coefficient (Wildman–Crippen LogP) is 4.46. The van der Waals surface area contributed by atoms with Crippen molar-refractivity contribution < 1.29 is 18.3 Å². The van der Waals surface area contributed by atoms with E-state index in [4.69, 9.17) is 10.5 Å². The second-order valence-electron chi connectivity index (χ2n) is 7.22. The number of hydrogen-bond donors (Lipinski definition) is 2. The summed E-state index contributed by atoms with van der Waals surface area (Å²) in [4.78, 5) is 25.0. The average molecular weight is 506 g/mol. The normalized spacial score (nSPS) is 11.8. The standard InChI is InChI=1S/C23H22BrF2N3O3/c1-3-20(27)28-22(30)15-6-4-14(5-7-15)12-29-13(2)10-19(21(24)23(29)31)32-18-9-8-16(25)11-17(18)26/h4-11,20H,3,12,27H2,1-2H3,(H,28,30). The summed E-state index contributed by atoms with van der Waals surface area (Å²) in [5.41, 5.74) is 7.21. The molecule has 6 nitrogen and oxygen atoms in total. The number of carbonyl (C=O) groups excluding carboxylic acids is 1. The van der Waals surface area contributed by atoms with Gasteiger partial charge in [0.1, 0.15) is 16.0 Å². The smallest absolute Gasteiger partial charge is 0.269 e. The van der Waals surface area contributed by atoms with Gasteiger partial charge >= 0.3 is 0 Å². The molecule has 3 aromatic rings. The third-order valence-corrected chi connectivity index (χ3v) is 5.57. The number of benzene rings is 2. The lowest BCUT2D eigenvalue weighted by Gasteiger charge is -2.15. The number of carbonyl (C=O) groups is 1. The van der Waals surface area contributed by atoms with Crippen LogP contribution in [-0.2, 0) is 6.54 Å². The molecular weight excluding hydrogens is 484 g/mol. The summed E-state index contributed by atoms with van der Waals surface area (Å²) in [7, 11) is 0. The van der Waals surface area contributed by atoms with Gasteiger partial charge in [0.2, 0.25) is 0 Å². The van der Waals surface area contributed by atoms with Gasteiger partial charge in [-0.3, -0.25) is 9.59 Å². The molecule has 1 heterocycles. The van der Waals surface area contributed by atoms with Crippen LogP contribution in [0.1, 0.15) is 35.0 Å². The zero-order chi connectivity index (χ0) is 23.4. The number of hydrogen-bond acceptors (Lipinski definition) is 4. The van der Waals surface area contributed by atoms with Gasteiger partial charge < -0.3 is 20.4 Å². The lowest BCUT2D eigenvalue weighted by Crippen LogP contribution is -2.40. The molecule has 0 spiro atoms. The summed E-state index contributed by atoms with van der Waals surface area (Å²) in [5.74, 6) is -1.94. The van der Waals surface area contributed by atoms with Gasteiger partial charge in [0.25, 0.3) is 11.5 Å². The van der Waals surface area contributed by atoms with Crippen molar-refractivity contribution in [1.29, 1.82) is 0 Å². The lowest BCUT2D eigenvalue weighted by atomic mass is 10.1. The Morgan fingerprint density at radius 3 is 2.47 bits per heavy atom. The molecule has 9 heteroatoms. The molecule has 1 aromatic heterocycles. The highest BCUT2D eigenvalue weighted by molar-refractivity contribution is 9.10. The maximum absolute atomic E-state index is 13.9. The summed E-state index contributed by atoms with van der Waals surface area (Å²) >= 11 is 3.22. The monoisotopic (exact) mass is 505 g/mol. The Morgan fingerprint density at radius 2 is 1.84 bits per heavy atom. The number of pyridine rings is 1. The van der Waals surface area contributed by atoms with E-state index in [1.54, 1.807) is 37.3 Å². The van der Waals surface area contributed by atoms with Crippen LogP contribution in [-0.4, -0.2) is 16.6 Å². The average Bonchev–Trinajstić information content (AvgIpc) is 2.76. The number of ether oxygens (including phenoxy) is 1. The molecule has 2 aromatic carbocycles. The molecule has 3 N–H and O–H groups in total. The predicted molar refractivity (Wildman–Crippen MR) is 121 cm³/mol. The molecule has 3 rings (SSSR count). The van der Waals surface area contributed by atoms with Gasteiger partial charge in [0.15, 0.2) is 11.6 Å². The van der Waals surface area contributed by atoms with E-state index in [1.807, 2.05) is 6.92 Å². The number of nitrogens with two attached hydrogens (primary N) is 1. The van der Waals surface area contributed by atoms with Gasteiger partial charge in [0, 0.05) is 23.4 Å². The summed E-state index contributed by atoms with van der Waals surface area (Å²) in [6.45, 7) is 3.85. The molecule has 0 aliphatic heterocycles. The first-order chi connectivity index (χ1) is 15.2. The molecule has 0 radical (unpaired) electrons. The van der Waals surface area contributed by atoms with Gasteiger partial charge in [-0.05, 0) is 59.1 Å². The van der Waals surface area contributed by atoms with E-state index >= 15 is 0 Å². The number of nitrogens with one attached hydrogen (secondary N) is 1. The van der Waals surface area contributed by atoms with Gasteiger partial charge in [-0.15, -0.1) is 0 Å². The van der Waals surface area contributed by atoms with Gasteiger partial charge in [0.05, 0.1) is 12.7 Å². The Kier molecular flexibility index (Phi) is 7.42. The molecule has 168 valence electrons. The largest absolute Gasteiger partial charge is 0.453 e. The second-order valence-corrected chi connectivity index (χ2v) is 8.01. The van der Waals surface area contributed by atoms with E-state index in [-0.39, 0.29) is 34.0 Å². The molecule has 0 fully saturated rings. The van der Waals surface area contributed by atoms with E-state index in [2.05, 4.69) is 21.2 Å². The fourth-order valence-corrected chi connectivity index (χ4v) is 3.37. The summed E-state index contributed by atoms with van der Waals surface area (Å²) in [5, 5.41) is 2.69. The highest BCUT2D eigenvalue weighted by Crippen LogP contribution is 2.30. The number of rotatable bonds is 7. The van der Waals surface area contributed by atoms with E-state index in [0.29, 0.717) is 23.7 Å². The van der Waals surface area contributed by atoms with E-state index in [0.717, 1.165) is 17.7 Å². The first-order valence-electron chi connectivity index (χ1n) is 9.87. The molecular formula is C23H22BrF2N3O3. The van der Waals surface area contributed by atoms with Crippen LogP contribution in [0.25, 0.3) is 0 Å². The Labute approximate surface area is 192 Å². The number of aryl methyl sites for hydroxylation is 1. The number of aromatic nitrogens is 1. The Hall–Kier alpha value is -3.04. The lowest BCUT2D eigenvalue weighted by molar-refractivity contribution is 0.0937. The van der Waals surface area contributed by atoms with Crippen molar-refractivity contribution in [3.8, 4) is 11.5 Å². The number of nitrogens with zero attached hydrogens (tertiary/aromatic N) is 1. The maximum Gasteiger partial charge on any atom is 0.269 e. The minimum atomic E-state index is -0.872. The minimum Gasteiger partial charge on any atom is -0.453 e. The first kappa shape index (κ1) is 23.6. The number of halogens is 3. The fourth-order valence-electron chi connectivity index (χ4n) is 2.96. The van der Waals surface area contributed by atoms with Crippen molar-refractivity contribution in [1.82, 2.24) is 9.88 Å². The molecule has 0 saturated heterocycles. The van der Waals surface area contributed by atoms with Crippen molar-refractivity contribution in [2.45, 2.75) is 33.0 Å². The maximum atomic E-state index is 13.9. The Morgan fingerprint density at radius 1 is 1.16 bits per heavy atom.